The Hall–Kier alpha value is -3.66. The lowest BCUT2D eigenvalue weighted by molar-refractivity contribution is -0.118. The number of aryl methyl sites for hydroxylation is 1. The van der Waals surface area contributed by atoms with E-state index in [1.54, 1.807) is 33.4 Å². The third kappa shape index (κ3) is 3.44. The largest absolute Gasteiger partial charge is 0.331 e. The molecule has 4 heterocycles. The Morgan fingerprint density at radius 2 is 2.10 bits per heavy atom. The van der Waals surface area contributed by atoms with Crippen molar-refractivity contribution in [1.82, 2.24) is 29.9 Å². The third-order valence-electron chi connectivity index (χ3n) is 5.36. The summed E-state index contributed by atoms with van der Waals surface area (Å²) in [5.41, 5.74) is 2.69. The summed E-state index contributed by atoms with van der Waals surface area (Å²) in [7, 11) is 0. The van der Waals surface area contributed by atoms with Crippen molar-refractivity contribution in [3.8, 4) is 0 Å². The molecule has 156 valence electrons. The predicted octanol–water partition coefficient (Wildman–Crippen LogP) is 2.68. The van der Waals surface area contributed by atoms with E-state index in [9.17, 15) is 9.59 Å². The number of nitrogens with one attached hydrogen (secondary N) is 1. The van der Waals surface area contributed by atoms with E-state index in [0.717, 1.165) is 16.6 Å². The van der Waals surface area contributed by atoms with Gasteiger partial charge in [-0.2, -0.15) is 0 Å². The number of hydrogen-bond acceptors (Lipinski definition) is 7. The number of hydrogen-bond donors (Lipinski definition) is 1. The monoisotopic (exact) mass is 433 g/mol. The van der Waals surface area contributed by atoms with Gasteiger partial charge in [0, 0.05) is 41.8 Å². The first-order chi connectivity index (χ1) is 15.2. The molecular weight excluding hydrogens is 414 g/mol. The molecule has 0 radical (unpaired) electrons. The molecule has 3 aromatic heterocycles. The number of pyridine rings is 1. The van der Waals surface area contributed by atoms with Crippen molar-refractivity contribution in [2.24, 2.45) is 0 Å². The van der Waals surface area contributed by atoms with E-state index in [1.165, 1.54) is 11.3 Å². The number of anilines is 1. The van der Waals surface area contributed by atoms with Gasteiger partial charge in [0.25, 0.3) is 5.91 Å². The molecule has 31 heavy (non-hydrogen) atoms. The third-order valence-corrected chi connectivity index (χ3v) is 6.05. The molecule has 2 amide bonds. The van der Waals surface area contributed by atoms with Crippen LogP contribution in [0.4, 0.5) is 5.13 Å². The van der Waals surface area contributed by atoms with Gasteiger partial charge in [-0.3, -0.25) is 14.6 Å². The van der Waals surface area contributed by atoms with E-state index in [1.807, 2.05) is 31.2 Å². The molecule has 1 unspecified atom stereocenters. The Morgan fingerprint density at radius 3 is 2.90 bits per heavy atom. The highest BCUT2D eigenvalue weighted by Crippen LogP contribution is 2.30. The first kappa shape index (κ1) is 19.3. The van der Waals surface area contributed by atoms with Crippen LogP contribution in [0.1, 0.15) is 34.6 Å². The zero-order valence-corrected chi connectivity index (χ0v) is 17.5. The Bertz CT molecular complexity index is 1260. The molecule has 1 aromatic carbocycles. The van der Waals surface area contributed by atoms with Crippen molar-refractivity contribution < 1.29 is 9.59 Å². The van der Waals surface area contributed by atoms with Crippen LogP contribution in [-0.2, 0) is 17.9 Å². The zero-order valence-electron chi connectivity index (χ0n) is 16.7. The summed E-state index contributed by atoms with van der Waals surface area (Å²) in [6.07, 6.45) is 3.33. The van der Waals surface area contributed by atoms with Crippen LogP contribution >= 0.6 is 11.3 Å². The highest BCUT2D eigenvalue weighted by molar-refractivity contribution is 7.13. The van der Waals surface area contributed by atoms with Gasteiger partial charge in [-0.05, 0) is 25.1 Å². The van der Waals surface area contributed by atoms with Crippen LogP contribution in [0.3, 0.4) is 0 Å². The number of amides is 2. The maximum atomic E-state index is 13.5. The normalized spacial score (nSPS) is 15.6. The molecule has 5 rings (SSSR count). The maximum Gasteiger partial charge on any atom is 0.254 e. The minimum absolute atomic E-state index is 0.164. The predicted molar refractivity (Wildman–Crippen MR) is 116 cm³/mol. The first-order valence-corrected chi connectivity index (χ1v) is 10.8. The molecule has 10 heteroatoms. The van der Waals surface area contributed by atoms with Crippen molar-refractivity contribution in [2.45, 2.75) is 25.9 Å². The van der Waals surface area contributed by atoms with E-state index in [2.05, 4.69) is 25.6 Å². The molecular formula is C21H19N7O2S. The zero-order chi connectivity index (χ0) is 21.4. The quantitative estimate of drug-likeness (QED) is 0.530. The number of carbonyl (C=O) groups excluding carboxylic acids is 2. The van der Waals surface area contributed by atoms with E-state index in [0.29, 0.717) is 29.5 Å². The maximum absolute atomic E-state index is 13.5. The van der Waals surface area contributed by atoms with Gasteiger partial charge in [0.15, 0.2) is 5.13 Å². The van der Waals surface area contributed by atoms with Gasteiger partial charge in [-0.25, -0.2) is 9.67 Å². The molecule has 1 N–H and O–H groups in total. The minimum atomic E-state index is -0.598. The summed E-state index contributed by atoms with van der Waals surface area (Å²) in [6.45, 7) is 3.07. The molecule has 0 saturated heterocycles. The van der Waals surface area contributed by atoms with E-state index >= 15 is 0 Å². The number of rotatable bonds is 4. The van der Waals surface area contributed by atoms with Crippen LogP contribution in [0.5, 0.6) is 0 Å². The van der Waals surface area contributed by atoms with E-state index < -0.39 is 5.92 Å². The summed E-state index contributed by atoms with van der Waals surface area (Å²) in [6, 6.07) is 9.17. The molecule has 1 atom stereocenters. The summed E-state index contributed by atoms with van der Waals surface area (Å²) in [4.78, 5) is 36.8. The van der Waals surface area contributed by atoms with Gasteiger partial charge in [-0.1, -0.05) is 17.3 Å². The van der Waals surface area contributed by atoms with Gasteiger partial charge >= 0.3 is 0 Å². The molecule has 0 saturated carbocycles. The van der Waals surface area contributed by atoms with Crippen molar-refractivity contribution in [2.75, 3.05) is 11.9 Å². The van der Waals surface area contributed by atoms with E-state index in [-0.39, 0.29) is 18.4 Å². The molecule has 0 spiro atoms. The van der Waals surface area contributed by atoms with Crippen LogP contribution in [-0.4, -0.2) is 48.2 Å². The average Bonchev–Trinajstić information content (AvgIpc) is 3.47. The number of carbonyl (C=O) groups is 2. The molecule has 1 aliphatic heterocycles. The highest BCUT2D eigenvalue weighted by atomic mass is 32.1. The standard InChI is InChI=1S/C21H19N7O2S/c1-2-28-18-15(19(29)24-21-23-9-10-31-21)11-27(12-17(18)25-26-28)20(30)14-5-3-7-16-13(14)6-4-8-22-16/h3-10,15H,2,11-12H2,1H3,(H,23,24,29). The number of thiazole rings is 1. The van der Waals surface area contributed by atoms with Crippen LogP contribution in [0.2, 0.25) is 0 Å². The summed E-state index contributed by atoms with van der Waals surface area (Å²) in [5, 5.41) is 14.4. The molecule has 1 aliphatic rings. The molecule has 0 bridgehead atoms. The Balaban J connectivity index is 1.50. The Kier molecular flexibility index (Phi) is 4.91. The summed E-state index contributed by atoms with van der Waals surface area (Å²) < 4.78 is 1.73. The molecule has 9 nitrogen and oxygen atoms in total. The van der Waals surface area contributed by atoms with Crippen LogP contribution in [0.15, 0.2) is 48.1 Å². The highest BCUT2D eigenvalue weighted by Gasteiger charge is 2.37. The molecule has 0 fully saturated rings. The Morgan fingerprint density at radius 1 is 1.19 bits per heavy atom. The van der Waals surface area contributed by atoms with Gasteiger partial charge in [0.1, 0.15) is 5.69 Å². The molecule has 0 aliphatic carbocycles. The number of benzene rings is 1. The SMILES string of the molecule is CCn1nnc2c1C(C(=O)Nc1nccs1)CN(C(=O)c1cccc3ncccc13)C2. The van der Waals surface area contributed by atoms with Crippen LogP contribution < -0.4 is 5.32 Å². The van der Waals surface area contributed by atoms with Gasteiger partial charge in [0.05, 0.1) is 23.7 Å². The second-order valence-corrected chi connectivity index (χ2v) is 8.07. The number of aromatic nitrogens is 5. The fraction of sp³-hybridized carbons (Fsp3) is 0.238. The molecule has 4 aromatic rings. The van der Waals surface area contributed by atoms with Gasteiger partial charge < -0.3 is 10.2 Å². The van der Waals surface area contributed by atoms with Gasteiger partial charge in [-0.15, -0.1) is 16.4 Å². The van der Waals surface area contributed by atoms with E-state index in [4.69, 9.17) is 0 Å². The average molecular weight is 433 g/mol. The van der Waals surface area contributed by atoms with Crippen molar-refractivity contribution in [3.05, 3.63) is 65.1 Å². The first-order valence-electron chi connectivity index (χ1n) is 9.91. The fourth-order valence-electron chi connectivity index (χ4n) is 3.94. The van der Waals surface area contributed by atoms with Crippen LogP contribution in [0, 0.1) is 0 Å². The van der Waals surface area contributed by atoms with Crippen molar-refractivity contribution >= 4 is 39.2 Å². The minimum Gasteiger partial charge on any atom is -0.331 e. The van der Waals surface area contributed by atoms with Gasteiger partial charge in [0.2, 0.25) is 5.91 Å². The number of nitrogens with zero attached hydrogens (tertiary/aromatic N) is 6. The Labute approximate surface area is 181 Å². The summed E-state index contributed by atoms with van der Waals surface area (Å²) >= 11 is 1.35. The lowest BCUT2D eigenvalue weighted by Crippen LogP contribution is -2.43. The van der Waals surface area contributed by atoms with Crippen molar-refractivity contribution in [3.63, 3.8) is 0 Å². The topological polar surface area (TPSA) is 106 Å². The number of fused-ring (bicyclic) bond motifs is 2. The second kappa shape index (κ2) is 7.88. The smallest absolute Gasteiger partial charge is 0.254 e. The van der Waals surface area contributed by atoms with Crippen molar-refractivity contribution in [1.29, 1.82) is 0 Å². The fourth-order valence-corrected chi connectivity index (χ4v) is 4.47. The summed E-state index contributed by atoms with van der Waals surface area (Å²) in [5.74, 6) is -0.993. The second-order valence-electron chi connectivity index (χ2n) is 7.18. The lowest BCUT2D eigenvalue weighted by atomic mass is 9.96. The van der Waals surface area contributed by atoms with Crippen LogP contribution in [0.25, 0.3) is 10.9 Å². The lowest BCUT2D eigenvalue weighted by Gasteiger charge is -2.32.